The Hall–Kier alpha value is -1.40. The average Bonchev–Trinajstić information content (AvgIpc) is 2.55. The number of aromatic nitrogens is 2. The second-order valence-electron chi connectivity index (χ2n) is 5.68. The van der Waals surface area contributed by atoms with E-state index < -0.39 is 0 Å². The van der Waals surface area contributed by atoms with E-state index in [1.165, 1.54) is 0 Å². The summed E-state index contributed by atoms with van der Waals surface area (Å²) >= 11 is 0. The molecule has 1 aromatic rings. The van der Waals surface area contributed by atoms with E-state index in [0.29, 0.717) is 23.6 Å². The van der Waals surface area contributed by atoms with Crippen molar-refractivity contribution in [2.24, 2.45) is 0 Å². The van der Waals surface area contributed by atoms with E-state index in [1.54, 1.807) is 0 Å². The van der Waals surface area contributed by atoms with Gasteiger partial charge in [-0.1, -0.05) is 13.3 Å². The Morgan fingerprint density at radius 2 is 2.15 bits per heavy atom. The van der Waals surface area contributed by atoms with Crippen molar-refractivity contribution in [3.8, 4) is 0 Å². The van der Waals surface area contributed by atoms with Gasteiger partial charge in [-0.05, 0) is 40.0 Å². The van der Waals surface area contributed by atoms with Gasteiger partial charge < -0.3 is 15.6 Å². The lowest BCUT2D eigenvalue weighted by atomic mass is 10.1. The third kappa shape index (κ3) is 3.19. The maximum absolute atomic E-state index is 12.2. The number of nitrogens with two attached hydrogens (primary N) is 1. The van der Waals surface area contributed by atoms with Gasteiger partial charge in [0.05, 0.1) is 11.6 Å². The minimum atomic E-state index is -0.0883. The fourth-order valence-corrected chi connectivity index (χ4v) is 2.75. The highest BCUT2D eigenvalue weighted by Gasteiger charge is 2.25. The first kappa shape index (κ1) is 15.0. The molecular formula is C14H25N5O. The van der Waals surface area contributed by atoms with Gasteiger partial charge in [0.15, 0.2) is 0 Å². The Labute approximate surface area is 120 Å². The molecule has 0 radical (unpaired) electrons. The van der Waals surface area contributed by atoms with Crippen molar-refractivity contribution >= 4 is 5.82 Å². The van der Waals surface area contributed by atoms with Crippen molar-refractivity contribution in [3.05, 3.63) is 21.7 Å². The highest BCUT2D eigenvalue weighted by atomic mass is 16.1. The van der Waals surface area contributed by atoms with Crippen molar-refractivity contribution < 1.29 is 0 Å². The second-order valence-corrected chi connectivity index (χ2v) is 5.68. The molecule has 1 unspecified atom stereocenters. The molecule has 6 nitrogen and oxygen atoms in total. The number of nitrogens with zero attached hydrogens (tertiary/aromatic N) is 3. The molecule has 1 atom stereocenters. The predicted molar refractivity (Wildman–Crippen MR) is 80.8 cm³/mol. The van der Waals surface area contributed by atoms with Crippen molar-refractivity contribution in [1.29, 1.82) is 0 Å². The van der Waals surface area contributed by atoms with Crippen LogP contribution >= 0.6 is 0 Å². The molecule has 1 fully saturated rings. The number of anilines is 1. The zero-order chi connectivity index (χ0) is 14.7. The Morgan fingerprint density at radius 3 is 2.80 bits per heavy atom. The van der Waals surface area contributed by atoms with E-state index >= 15 is 0 Å². The Kier molecular flexibility index (Phi) is 4.77. The normalized spacial score (nSPS) is 21.9. The molecule has 1 aliphatic heterocycles. The number of H-pyrrole nitrogens is 1. The lowest BCUT2D eigenvalue weighted by Gasteiger charge is -2.26. The lowest BCUT2D eigenvalue weighted by molar-refractivity contribution is 0.219. The van der Waals surface area contributed by atoms with Gasteiger partial charge in [0.25, 0.3) is 5.56 Å². The largest absolute Gasteiger partial charge is 0.383 e. The standard InChI is InChI=1S/C14H25N5O/c1-4-6-10-12(15)16-13(17-14(10)20)11-9-18(2)7-5-8-19(11)3/h11H,4-9H2,1-3H3,(H3,15,16,17,20). The zero-order valence-electron chi connectivity index (χ0n) is 12.6. The average molecular weight is 279 g/mol. The molecule has 112 valence electrons. The number of likely N-dealkylation sites (N-methyl/N-ethyl adjacent to an activating group) is 2. The summed E-state index contributed by atoms with van der Waals surface area (Å²) in [6, 6.07) is 0.0909. The monoisotopic (exact) mass is 279 g/mol. The number of rotatable bonds is 3. The molecule has 2 heterocycles. The van der Waals surface area contributed by atoms with E-state index in [4.69, 9.17) is 5.73 Å². The fraction of sp³-hybridized carbons (Fsp3) is 0.714. The number of aromatic amines is 1. The van der Waals surface area contributed by atoms with Crippen LogP contribution in [0.15, 0.2) is 4.79 Å². The quantitative estimate of drug-likeness (QED) is 0.848. The van der Waals surface area contributed by atoms with Gasteiger partial charge >= 0.3 is 0 Å². The minimum Gasteiger partial charge on any atom is -0.383 e. The molecule has 3 N–H and O–H groups in total. The zero-order valence-corrected chi connectivity index (χ0v) is 12.6. The molecule has 0 amide bonds. The molecule has 1 saturated heterocycles. The van der Waals surface area contributed by atoms with Crippen LogP contribution in [0.4, 0.5) is 5.82 Å². The van der Waals surface area contributed by atoms with E-state index in [9.17, 15) is 4.79 Å². The molecule has 0 aliphatic carbocycles. The van der Waals surface area contributed by atoms with Crippen LogP contribution in [-0.4, -0.2) is 53.5 Å². The molecule has 0 aromatic carbocycles. The summed E-state index contributed by atoms with van der Waals surface area (Å²) in [5, 5.41) is 0. The second kappa shape index (κ2) is 6.37. The summed E-state index contributed by atoms with van der Waals surface area (Å²) in [6.07, 6.45) is 2.69. The Bertz CT molecular complexity index is 513. The number of hydrogen-bond donors (Lipinski definition) is 2. The summed E-state index contributed by atoms with van der Waals surface area (Å²) in [6.45, 7) is 4.94. The maximum atomic E-state index is 12.2. The molecular weight excluding hydrogens is 254 g/mol. The van der Waals surface area contributed by atoms with Crippen LogP contribution in [0.2, 0.25) is 0 Å². The first-order valence-corrected chi connectivity index (χ1v) is 7.30. The van der Waals surface area contributed by atoms with E-state index in [-0.39, 0.29) is 11.6 Å². The number of hydrogen-bond acceptors (Lipinski definition) is 5. The van der Waals surface area contributed by atoms with Crippen LogP contribution in [0.1, 0.15) is 37.2 Å². The van der Waals surface area contributed by atoms with Gasteiger partial charge in [0, 0.05) is 6.54 Å². The first-order valence-electron chi connectivity index (χ1n) is 7.30. The maximum Gasteiger partial charge on any atom is 0.256 e. The molecule has 1 aromatic heterocycles. The Balaban J connectivity index is 2.34. The van der Waals surface area contributed by atoms with Crippen molar-refractivity contribution in [2.45, 2.75) is 32.2 Å². The van der Waals surface area contributed by atoms with Crippen LogP contribution in [-0.2, 0) is 6.42 Å². The summed E-state index contributed by atoms with van der Waals surface area (Å²) < 4.78 is 0. The molecule has 0 spiro atoms. The summed E-state index contributed by atoms with van der Waals surface area (Å²) in [5.74, 6) is 1.06. The molecule has 20 heavy (non-hydrogen) atoms. The fourth-order valence-electron chi connectivity index (χ4n) is 2.75. The first-order chi connectivity index (χ1) is 9.52. The molecule has 1 aliphatic rings. The predicted octanol–water partition coefficient (Wildman–Crippen LogP) is 0.613. The van der Waals surface area contributed by atoms with Crippen LogP contribution in [0, 0.1) is 0 Å². The molecule has 2 rings (SSSR count). The van der Waals surface area contributed by atoms with Crippen LogP contribution in [0.25, 0.3) is 0 Å². The van der Waals surface area contributed by atoms with Crippen LogP contribution in [0.5, 0.6) is 0 Å². The van der Waals surface area contributed by atoms with Gasteiger partial charge in [0.1, 0.15) is 11.6 Å². The SMILES string of the molecule is CCCc1c(N)nc(C2CN(C)CCCN2C)[nH]c1=O. The molecule has 6 heteroatoms. The van der Waals surface area contributed by atoms with Gasteiger partial charge in [0.2, 0.25) is 0 Å². The third-order valence-electron chi connectivity index (χ3n) is 3.95. The van der Waals surface area contributed by atoms with Crippen molar-refractivity contribution in [2.75, 3.05) is 39.5 Å². The smallest absolute Gasteiger partial charge is 0.256 e. The van der Waals surface area contributed by atoms with Crippen molar-refractivity contribution in [1.82, 2.24) is 19.8 Å². The topological polar surface area (TPSA) is 78.2 Å². The third-order valence-corrected chi connectivity index (χ3v) is 3.95. The number of nitrogens with one attached hydrogen (secondary N) is 1. The van der Waals surface area contributed by atoms with Gasteiger partial charge in [-0.2, -0.15) is 0 Å². The molecule has 0 bridgehead atoms. The summed E-state index contributed by atoms with van der Waals surface area (Å²) in [5.41, 5.74) is 6.49. The highest BCUT2D eigenvalue weighted by Crippen LogP contribution is 2.20. The van der Waals surface area contributed by atoms with E-state index in [2.05, 4.69) is 33.9 Å². The van der Waals surface area contributed by atoms with E-state index in [1.807, 2.05) is 6.92 Å². The van der Waals surface area contributed by atoms with Gasteiger partial charge in [-0.25, -0.2) is 4.98 Å². The Morgan fingerprint density at radius 1 is 1.40 bits per heavy atom. The van der Waals surface area contributed by atoms with Crippen LogP contribution < -0.4 is 11.3 Å². The van der Waals surface area contributed by atoms with Gasteiger partial charge in [-0.3, -0.25) is 9.69 Å². The lowest BCUT2D eigenvalue weighted by Crippen LogP contribution is -2.34. The summed E-state index contributed by atoms with van der Waals surface area (Å²) in [7, 11) is 4.17. The van der Waals surface area contributed by atoms with E-state index in [0.717, 1.165) is 32.5 Å². The summed E-state index contributed by atoms with van der Waals surface area (Å²) in [4.78, 5) is 24.1. The van der Waals surface area contributed by atoms with Gasteiger partial charge in [-0.15, -0.1) is 0 Å². The minimum absolute atomic E-state index is 0.0883. The van der Waals surface area contributed by atoms with Crippen LogP contribution in [0.3, 0.4) is 0 Å². The molecule has 0 saturated carbocycles. The number of nitrogen functional groups attached to an aromatic ring is 1. The highest BCUT2D eigenvalue weighted by molar-refractivity contribution is 5.38. The van der Waals surface area contributed by atoms with Crippen molar-refractivity contribution in [3.63, 3.8) is 0 Å².